The van der Waals surface area contributed by atoms with E-state index in [2.05, 4.69) is 0 Å². The Morgan fingerprint density at radius 2 is 1.87 bits per heavy atom. The van der Waals surface area contributed by atoms with Crippen molar-refractivity contribution >= 4 is 28.6 Å². The number of rotatable bonds is 5. The van der Waals surface area contributed by atoms with Crippen molar-refractivity contribution in [2.24, 2.45) is 0 Å². The molecule has 1 amide bonds. The maximum atomic E-state index is 13.4. The highest BCUT2D eigenvalue weighted by molar-refractivity contribution is 8.00. The van der Waals surface area contributed by atoms with E-state index in [1.807, 2.05) is 68.3 Å². The summed E-state index contributed by atoms with van der Waals surface area (Å²) in [5.74, 6) is 0.0927. The third-order valence-corrected chi connectivity index (χ3v) is 7.14. The molecule has 0 unspecified atom stereocenters. The van der Waals surface area contributed by atoms with Gasteiger partial charge in [-0.15, -0.1) is 0 Å². The molecule has 1 aliphatic carbocycles. The summed E-state index contributed by atoms with van der Waals surface area (Å²) >= 11 is 1.36. The number of aryl methyl sites for hydroxylation is 1. The maximum Gasteiger partial charge on any atom is 0.266 e. The summed E-state index contributed by atoms with van der Waals surface area (Å²) in [4.78, 5) is 33.3. The molecule has 5 nitrogen and oxygen atoms in total. The summed E-state index contributed by atoms with van der Waals surface area (Å²) in [6.07, 6.45) is 5.77. The van der Waals surface area contributed by atoms with Gasteiger partial charge in [0.1, 0.15) is 0 Å². The molecule has 1 heterocycles. The molecule has 0 N–H and O–H groups in total. The third kappa shape index (κ3) is 4.54. The Hall–Kier alpha value is -2.60. The lowest BCUT2D eigenvalue weighted by molar-refractivity contribution is -0.131. The van der Waals surface area contributed by atoms with Crippen molar-refractivity contribution in [3.63, 3.8) is 0 Å². The molecular formula is C25H29N3O2S. The van der Waals surface area contributed by atoms with Gasteiger partial charge >= 0.3 is 0 Å². The Balaban J connectivity index is 1.71. The van der Waals surface area contributed by atoms with E-state index >= 15 is 0 Å². The minimum atomic E-state index is -0.337. The molecule has 1 saturated carbocycles. The highest BCUT2D eigenvalue weighted by Crippen LogP contribution is 2.28. The monoisotopic (exact) mass is 435 g/mol. The molecule has 0 bridgehead atoms. The number of para-hydroxylation sites is 1. The van der Waals surface area contributed by atoms with Crippen LogP contribution < -0.4 is 5.56 Å². The molecule has 1 atom stereocenters. The van der Waals surface area contributed by atoms with Gasteiger partial charge in [0, 0.05) is 13.1 Å². The molecule has 0 aliphatic heterocycles. The third-order valence-electron chi connectivity index (χ3n) is 6.10. The first-order valence-electron chi connectivity index (χ1n) is 11.0. The van der Waals surface area contributed by atoms with Crippen LogP contribution in [-0.2, 0) is 4.79 Å². The Morgan fingerprint density at radius 3 is 2.61 bits per heavy atom. The average Bonchev–Trinajstić information content (AvgIpc) is 2.79. The largest absolute Gasteiger partial charge is 0.342 e. The molecule has 1 aromatic heterocycles. The number of fused-ring (bicyclic) bond motifs is 1. The summed E-state index contributed by atoms with van der Waals surface area (Å²) in [6, 6.07) is 15.5. The molecule has 3 aromatic rings. The molecule has 0 radical (unpaired) electrons. The Kier molecular flexibility index (Phi) is 6.46. The van der Waals surface area contributed by atoms with Crippen LogP contribution in [0.5, 0.6) is 0 Å². The van der Waals surface area contributed by atoms with Crippen molar-refractivity contribution in [1.29, 1.82) is 0 Å². The van der Waals surface area contributed by atoms with E-state index in [0.29, 0.717) is 22.1 Å². The molecule has 1 aliphatic rings. The molecule has 0 spiro atoms. The number of aromatic nitrogens is 2. The zero-order chi connectivity index (χ0) is 22.0. The molecular weight excluding hydrogens is 406 g/mol. The molecule has 6 heteroatoms. The fourth-order valence-electron chi connectivity index (χ4n) is 4.33. The average molecular weight is 436 g/mol. The smallest absolute Gasteiger partial charge is 0.266 e. The van der Waals surface area contributed by atoms with Crippen molar-refractivity contribution in [2.75, 3.05) is 7.05 Å². The number of thioether (sulfide) groups is 1. The second kappa shape index (κ2) is 9.27. The topological polar surface area (TPSA) is 55.2 Å². The minimum Gasteiger partial charge on any atom is -0.342 e. The second-order valence-electron chi connectivity index (χ2n) is 8.39. The highest BCUT2D eigenvalue weighted by atomic mass is 32.2. The van der Waals surface area contributed by atoms with Crippen molar-refractivity contribution in [3.05, 3.63) is 64.4 Å². The van der Waals surface area contributed by atoms with Crippen LogP contribution in [0, 0.1) is 6.92 Å². The van der Waals surface area contributed by atoms with Crippen molar-refractivity contribution in [2.45, 2.75) is 62.4 Å². The van der Waals surface area contributed by atoms with Crippen LogP contribution in [0.1, 0.15) is 44.6 Å². The van der Waals surface area contributed by atoms with Crippen molar-refractivity contribution in [1.82, 2.24) is 14.5 Å². The SMILES string of the molecule is Cc1cccc(-n2c(S[C@@H](C)C(=O)N(C)C3CCCCC3)nc3ccccc3c2=O)c1. The molecule has 31 heavy (non-hydrogen) atoms. The van der Waals surface area contributed by atoms with Crippen LogP contribution >= 0.6 is 11.8 Å². The second-order valence-corrected chi connectivity index (χ2v) is 9.70. The van der Waals surface area contributed by atoms with E-state index in [1.165, 1.54) is 31.0 Å². The number of benzene rings is 2. The van der Waals surface area contributed by atoms with Gasteiger partial charge in [0.2, 0.25) is 5.91 Å². The van der Waals surface area contributed by atoms with E-state index in [9.17, 15) is 9.59 Å². The fraction of sp³-hybridized carbons (Fsp3) is 0.400. The quantitative estimate of drug-likeness (QED) is 0.420. The highest BCUT2D eigenvalue weighted by Gasteiger charge is 2.27. The first kappa shape index (κ1) is 21.6. The number of carbonyl (C=O) groups excluding carboxylic acids is 1. The molecule has 0 saturated heterocycles. The zero-order valence-electron chi connectivity index (χ0n) is 18.4. The Bertz CT molecular complexity index is 1150. The van der Waals surface area contributed by atoms with Gasteiger partial charge in [0.05, 0.1) is 21.8 Å². The van der Waals surface area contributed by atoms with Gasteiger partial charge in [-0.2, -0.15) is 0 Å². The lowest BCUT2D eigenvalue weighted by Crippen LogP contribution is -2.42. The van der Waals surface area contributed by atoms with Crippen LogP contribution in [0.3, 0.4) is 0 Å². The standard InChI is InChI=1S/C25H29N3O2S/c1-17-10-9-13-20(16-17)28-24(30)21-14-7-8-15-22(21)26-25(28)31-18(2)23(29)27(3)19-11-5-4-6-12-19/h7-10,13-16,18-19H,4-6,11-12H2,1-3H3/t18-/m0/s1. The van der Waals surface area contributed by atoms with E-state index in [0.717, 1.165) is 24.1 Å². The van der Waals surface area contributed by atoms with E-state index in [4.69, 9.17) is 4.98 Å². The normalized spacial score (nSPS) is 15.7. The van der Waals surface area contributed by atoms with Gasteiger partial charge in [-0.3, -0.25) is 14.2 Å². The van der Waals surface area contributed by atoms with Crippen LogP contribution in [0.2, 0.25) is 0 Å². The van der Waals surface area contributed by atoms with E-state index in [1.54, 1.807) is 10.6 Å². The summed E-state index contributed by atoms with van der Waals surface area (Å²) in [5.41, 5.74) is 2.37. The predicted octanol–water partition coefficient (Wildman–Crippen LogP) is 4.97. The van der Waals surface area contributed by atoms with Gasteiger partial charge in [-0.05, 0) is 56.5 Å². The maximum absolute atomic E-state index is 13.4. The number of hydrogen-bond donors (Lipinski definition) is 0. The Morgan fingerprint density at radius 1 is 1.13 bits per heavy atom. The number of nitrogens with zero attached hydrogens (tertiary/aromatic N) is 3. The van der Waals surface area contributed by atoms with Crippen LogP contribution in [0.25, 0.3) is 16.6 Å². The summed E-state index contributed by atoms with van der Waals surface area (Å²) < 4.78 is 1.64. The molecule has 4 rings (SSSR count). The van der Waals surface area contributed by atoms with Crippen LogP contribution in [0.15, 0.2) is 58.5 Å². The Labute approximate surface area is 187 Å². The summed E-state index contributed by atoms with van der Waals surface area (Å²) in [7, 11) is 1.91. The van der Waals surface area contributed by atoms with Crippen LogP contribution in [-0.4, -0.2) is 38.7 Å². The lowest BCUT2D eigenvalue weighted by Gasteiger charge is -2.32. The fourth-order valence-corrected chi connectivity index (χ4v) is 5.36. The van der Waals surface area contributed by atoms with Crippen molar-refractivity contribution in [3.8, 4) is 5.69 Å². The minimum absolute atomic E-state index is 0.0927. The van der Waals surface area contributed by atoms with Gasteiger partial charge in [0.15, 0.2) is 5.16 Å². The first-order chi connectivity index (χ1) is 15.0. The molecule has 1 fully saturated rings. The van der Waals surface area contributed by atoms with Crippen LogP contribution in [0.4, 0.5) is 0 Å². The summed E-state index contributed by atoms with van der Waals surface area (Å²) in [5, 5.41) is 0.787. The van der Waals surface area contributed by atoms with E-state index < -0.39 is 0 Å². The van der Waals surface area contributed by atoms with Gasteiger partial charge in [0.25, 0.3) is 5.56 Å². The first-order valence-corrected chi connectivity index (χ1v) is 11.9. The predicted molar refractivity (Wildman–Crippen MR) is 127 cm³/mol. The van der Waals surface area contributed by atoms with Gasteiger partial charge < -0.3 is 4.90 Å². The molecule has 2 aromatic carbocycles. The zero-order valence-corrected chi connectivity index (χ0v) is 19.2. The summed E-state index contributed by atoms with van der Waals surface area (Å²) in [6.45, 7) is 3.91. The van der Waals surface area contributed by atoms with Gasteiger partial charge in [-0.25, -0.2) is 4.98 Å². The number of hydrogen-bond acceptors (Lipinski definition) is 4. The van der Waals surface area contributed by atoms with Gasteiger partial charge in [-0.1, -0.05) is 55.3 Å². The van der Waals surface area contributed by atoms with Crippen molar-refractivity contribution < 1.29 is 4.79 Å². The lowest BCUT2D eigenvalue weighted by atomic mass is 9.94. The number of carbonyl (C=O) groups is 1. The van der Waals surface area contributed by atoms with E-state index in [-0.39, 0.29) is 16.7 Å². The number of amides is 1. The molecule has 162 valence electrons.